The summed E-state index contributed by atoms with van der Waals surface area (Å²) in [6.45, 7) is 6.29. The first-order chi connectivity index (χ1) is 17.7. The van der Waals surface area contributed by atoms with Crippen LogP contribution >= 0.6 is 23.1 Å². The van der Waals surface area contributed by atoms with E-state index in [1.807, 2.05) is 41.9 Å². The number of aromatic nitrogens is 1. The van der Waals surface area contributed by atoms with Crippen LogP contribution in [0.25, 0.3) is 0 Å². The molecule has 2 aromatic carbocycles. The topological polar surface area (TPSA) is 36.4 Å². The maximum atomic E-state index is 13.3. The summed E-state index contributed by atoms with van der Waals surface area (Å²) in [4.78, 5) is 26.0. The maximum Gasteiger partial charge on any atom is 0.253 e. The Balaban J connectivity index is 1.18. The van der Waals surface area contributed by atoms with Crippen LogP contribution in [-0.4, -0.2) is 46.9 Å². The summed E-state index contributed by atoms with van der Waals surface area (Å²) in [5, 5.41) is 1.11. The summed E-state index contributed by atoms with van der Waals surface area (Å²) in [6, 6.07) is 17.1. The number of carbonyl (C=O) groups excluding carboxylic acids is 1. The summed E-state index contributed by atoms with van der Waals surface area (Å²) < 4.78 is 0. The molecule has 3 heterocycles. The van der Waals surface area contributed by atoms with Gasteiger partial charge in [0, 0.05) is 65.1 Å². The van der Waals surface area contributed by atoms with E-state index in [4.69, 9.17) is 0 Å². The number of carbonyl (C=O) groups is 1. The van der Waals surface area contributed by atoms with Crippen LogP contribution in [0.3, 0.4) is 0 Å². The molecule has 0 spiro atoms. The van der Waals surface area contributed by atoms with Gasteiger partial charge < -0.3 is 4.90 Å². The van der Waals surface area contributed by atoms with Gasteiger partial charge in [-0.05, 0) is 54.3 Å². The third-order valence-corrected chi connectivity index (χ3v) is 9.25. The van der Waals surface area contributed by atoms with E-state index >= 15 is 0 Å². The van der Waals surface area contributed by atoms with Gasteiger partial charge in [0.25, 0.3) is 5.91 Å². The van der Waals surface area contributed by atoms with Crippen LogP contribution in [-0.2, 0) is 6.54 Å². The third-order valence-electron chi connectivity index (χ3n) is 7.15. The number of hydrogen-bond donors (Lipinski definition) is 0. The first-order valence-electron chi connectivity index (χ1n) is 12.5. The molecule has 182 valence electrons. The van der Waals surface area contributed by atoms with E-state index in [-0.39, 0.29) is 11.8 Å². The Hall–Kier alpha value is -2.93. The number of piperazine rings is 1. The molecule has 0 saturated carbocycles. The summed E-state index contributed by atoms with van der Waals surface area (Å²) in [6.07, 6.45) is 11.7. The molecule has 4 nitrogen and oxygen atoms in total. The summed E-state index contributed by atoms with van der Waals surface area (Å²) in [5.74, 6) is 0.350. The number of hydrogen-bond acceptors (Lipinski definition) is 5. The smallest absolute Gasteiger partial charge is 0.253 e. The molecule has 1 amide bonds. The van der Waals surface area contributed by atoms with Gasteiger partial charge in [0.05, 0.1) is 5.01 Å². The van der Waals surface area contributed by atoms with Crippen molar-refractivity contribution in [1.82, 2.24) is 14.8 Å². The highest BCUT2D eigenvalue weighted by atomic mass is 32.2. The molecule has 3 aliphatic rings. The molecule has 1 saturated heterocycles. The van der Waals surface area contributed by atoms with Crippen molar-refractivity contribution in [2.45, 2.75) is 30.7 Å². The maximum absolute atomic E-state index is 13.3. The minimum Gasteiger partial charge on any atom is -0.336 e. The molecule has 1 aliphatic carbocycles. The molecule has 2 aliphatic heterocycles. The molecular weight excluding hydrogens is 482 g/mol. The Morgan fingerprint density at radius 2 is 1.83 bits per heavy atom. The fraction of sp³-hybridized carbons (Fsp3) is 0.267. The second-order valence-corrected chi connectivity index (χ2v) is 11.9. The quantitative estimate of drug-likeness (QED) is 0.405. The number of benzene rings is 2. The standard InChI is InChI=1S/C30H29N3OS2/c1-21-31-19-24(35-21)20-32-15-17-33(18-16-32)30(34)23-13-11-22(12-14-23)29-25-7-3-2-4-9-27(25)36-28-10-6-5-8-26(28)29/h2-6,8-14,19,29H,7,15-18,20H2,1H3. The first kappa shape index (κ1) is 23.5. The zero-order valence-electron chi connectivity index (χ0n) is 20.4. The van der Waals surface area contributed by atoms with Gasteiger partial charge in [-0.1, -0.05) is 60.3 Å². The number of aryl methyl sites for hydroxylation is 1. The van der Waals surface area contributed by atoms with Gasteiger partial charge in [0.15, 0.2) is 0 Å². The number of rotatable bonds is 4. The van der Waals surface area contributed by atoms with Gasteiger partial charge in [-0.25, -0.2) is 4.98 Å². The van der Waals surface area contributed by atoms with Gasteiger partial charge in [-0.15, -0.1) is 11.3 Å². The molecule has 1 unspecified atom stereocenters. The van der Waals surface area contributed by atoms with Gasteiger partial charge in [0.1, 0.15) is 0 Å². The molecule has 1 atom stereocenters. The molecule has 0 radical (unpaired) electrons. The number of thioether (sulfide) groups is 1. The Kier molecular flexibility index (Phi) is 6.65. The molecular formula is C30H29N3OS2. The molecule has 3 aromatic rings. The zero-order valence-corrected chi connectivity index (χ0v) is 22.0. The summed E-state index contributed by atoms with van der Waals surface area (Å²) in [7, 11) is 0. The lowest BCUT2D eigenvalue weighted by atomic mass is 9.82. The highest BCUT2D eigenvalue weighted by molar-refractivity contribution is 8.03. The van der Waals surface area contributed by atoms with Gasteiger partial charge in [0.2, 0.25) is 0 Å². The largest absolute Gasteiger partial charge is 0.336 e. The average Bonchev–Trinajstić information content (AvgIpc) is 3.17. The summed E-state index contributed by atoms with van der Waals surface area (Å²) in [5.41, 5.74) is 4.82. The molecule has 0 bridgehead atoms. The highest BCUT2D eigenvalue weighted by Gasteiger charge is 2.29. The van der Waals surface area contributed by atoms with Crippen molar-refractivity contribution >= 4 is 29.0 Å². The van der Waals surface area contributed by atoms with Crippen LogP contribution < -0.4 is 0 Å². The van der Waals surface area contributed by atoms with Crippen LogP contribution in [0, 0.1) is 6.92 Å². The van der Waals surface area contributed by atoms with Crippen molar-refractivity contribution < 1.29 is 4.79 Å². The van der Waals surface area contributed by atoms with Crippen LogP contribution in [0.2, 0.25) is 0 Å². The van der Waals surface area contributed by atoms with Crippen LogP contribution in [0.1, 0.15) is 43.7 Å². The molecule has 6 rings (SSSR count). The van der Waals surface area contributed by atoms with Crippen molar-refractivity contribution in [2.24, 2.45) is 0 Å². The van der Waals surface area contributed by atoms with E-state index in [2.05, 4.69) is 70.6 Å². The fourth-order valence-electron chi connectivity index (χ4n) is 5.29. The molecule has 1 aromatic heterocycles. The normalized spacial score (nSPS) is 19.7. The predicted molar refractivity (Wildman–Crippen MR) is 149 cm³/mol. The summed E-state index contributed by atoms with van der Waals surface area (Å²) >= 11 is 3.62. The number of thiazole rings is 1. The predicted octanol–water partition coefficient (Wildman–Crippen LogP) is 6.42. The second-order valence-electron chi connectivity index (χ2n) is 9.49. The van der Waals surface area contributed by atoms with E-state index in [1.54, 1.807) is 11.3 Å². The van der Waals surface area contributed by atoms with E-state index in [0.29, 0.717) is 0 Å². The number of nitrogens with zero attached hydrogens (tertiary/aromatic N) is 3. The minimum absolute atomic E-state index is 0.134. The molecule has 1 fully saturated rings. The number of amides is 1. The van der Waals surface area contributed by atoms with Crippen LogP contribution in [0.4, 0.5) is 0 Å². The van der Waals surface area contributed by atoms with Crippen molar-refractivity contribution in [2.75, 3.05) is 26.2 Å². The van der Waals surface area contributed by atoms with E-state index in [0.717, 1.165) is 49.7 Å². The van der Waals surface area contributed by atoms with Gasteiger partial charge in [-0.2, -0.15) is 0 Å². The van der Waals surface area contributed by atoms with Crippen molar-refractivity contribution in [3.05, 3.63) is 116 Å². The van der Waals surface area contributed by atoms with Crippen LogP contribution in [0.5, 0.6) is 0 Å². The van der Waals surface area contributed by atoms with Gasteiger partial charge in [-0.3, -0.25) is 9.69 Å². The monoisotopic (exact) mass is 511 g/mol. The Bertz CT molecular complexity index is 1360. The lowest BCUT2D eigenvalue weighted by molar-refractivity contribution is 0.0629. The molecule has 6 heteroatoms. The highest BCUT2D eigenvalue weighted by Crippen LogP contribution is 2.49. The zero-order chi connectivity index (χ0) is 24.5. The van der Waals surface area contributed by atoms with Crippen LogP contribution in [0.15, 0.2) is 94.4 Å². The number of fused-ring (bicyclic) bond motifs is 1. The average molecular weight is 512 g/mol. The van der Waals surface area contributed by atoms with E-state index in [1.165, 1.54) is 31.4 Å². The lowest BCUT2D eigenvalue weighted by Crippen LogP contribution is -2.48. The minimum atomic E-state index is 0.134. The molecule has 36 heavy (non-hydrogen) atoms. The first-order valence-corrected chi connectivity index (χ1v) is 14.1. The Morgan fingerprint density at radius 3 is 2.61 bits per heavy atom. The fourth-order valence-corrected chi connectivity index (χ4v) is 7.29. The third kappa shape index (κ3) is 4.73. The van der Waals surface area contributed by atoms with E-state index in [9.17, 15) is 4.79 Å². The lowest BCUT2D eigenvalue weighted by Gasteiger charge is -2.34. The Labute approximate surface area is 221 Å². The number of allylic oxidation sites excluding steroid dienone is 5. The molecule has 0 N–H and O–H groups in total. The van der Waals surface area contributed by atoms with Crippen molar-refractivity contribution in [3.63, 3.8) is 0 Å². The second kappa shape index (κ2) is 10.2. The van der Waals surface area contributed by atoms with Gasteiger partial charge >= 0.3 is 0 Å². The van der Waals surface area contributed by atoms with Crippen molar-refractivity contribution in [3.8, 4) is 0 Å². The SMILES string of the molecule is Cc1ncc(CN2CCN(C(=O)c3ccc(C4C5=C(C=CC=CC5)Sc5ccccc54)cc3)CC2)s1. The van der Waals surface area contributed by atoms with E-state index < -0.39 is 0 Å². The Morgan fingerprint density at radius 1 is 1.03 bits per heavy atom. The van der Waals surface area contributed by atoms with Crippen molar-refractivity contribution in [1.29, 1.82) is 0 Å².